The number of aryl methyl sites for hydroxylation is 1. The zero-order chi connectivity index (χ0) is 19.2. The Morgan fingerprint density at radius 1 is 1.26 bits per heavy atom. The monoisotopic (exact) mass is 443 g/mol. The Morgan fingerprint density at radius 3 is 2.78 bits per heavy atom. The van der Waals surface area contributed by atoms with Crippen LogP contribution in [0.2, 0.25) is 0 Å². The molecule has 0 saturated heterocycles. The van der Waals surface area contributed by atoms with E-state index in [0.29, 0.717) is 5.16 Å². The second-order valence-corrected chi connectivity index (χ2v) is 7.73. The minimum atomic E-state index is -0.199. The minimum Gasteiger partial charge on any atom is -0.305 e. The summed E-state index contributed by atoms with van der Waals surface area (Å²) in [6, 6.07) is 15.7. The van der Waals surface area contributed by atoms with Crippen LogP contribution in [0.25, 0.3) is 11.4 Å². The summed E-state index contributed by atoms with van der Waals surface area (Å²) in [5.74, 6) is 0.752. The summed E-state index contributed by atoms with van der Waals surface area (Å²) >= 11 is 4.77. The molecule has 1 N–H and O–H groups in total. The van der Waals surface area contributed by atoms with Gasteiger partial charge in [-0.15, -0.1) is 10.2 Å². The molecule has 0 bridgehead atoms. The fraction of sp³-hybridized carbons (Fsp3) is 0.158. The van der Waals surface area contributed by atoms with Gasteiger partial charge in [0.15, 0.2) is 11.0 Å². The smallest absolute Gasteiger partial charge is 0.250 e. The molecule has 0 fully saturated rings. The van der Waals surface area contributed by atoms with E-state index in [1.807, 2.05) is 67.1 Å². The first-order valence-corrected chi connectivity index (χ1v) is 9.97. The number of halogens is 1. The highest BCUT2D eigenvalue weighted by Crippen LogP contribution is 2.24. The summed E-state index contributed by atoms with van der Waals surface area (Å²) in [6.07, 6.45) is 1.62. The molecular formula is C19H18BrN5OS. The van der Waals surface area contributed by atoms with Crippen LogP contribution < -0.4 is 5.43 Å². The van der Waals surface area contributed by atoms with E-state index in [1.54, 1.807) is 6.21 Å². The highest BCUT2D eigenvalue weighted by atomic mass is 79.9. The summed E-state index contributed by atoms with van der Waals surface area (Å²) in [5.41, 5.74) is 5.59. The topological polar surface area (TPSA) is 72.2 Å². The Balaban J connectivity index is 1.55. The molecule has 2 aromatic carbocycles. The van der Waals surface area contributed by atoms with Gasteiger partial charge in [-0.3, -0.25) is 4.79 Å². The van der Waals surface area contributed by atoms with Crippen LogP contribution in [0.5, 0.6) is 0 Å². The van der Waals surface area contributed by atoms with Gasteiger partial charge in [-0.25, -0.2) is 5.43 Å². The molecule has 0 aliphatic rings. The average Bonchev–Trinajstić information content (AvgIpc) is 3.02. The van der Waals surface area contributed by atoms with E-state index in [2.05, 4.69) is 36.7 Å². The molecular weight excluding hydrogens is 426 g/mol. The minimum absolute atomic E-state index is 0.199. The predicted octanol–water partition coefficient (Wildman–Crippen LogP) is 3.80. The average molecular weight is 444 g/mol. The van der Waals surface area contributed by atoms with E-state index < -0.39 is 0 Å². The van der Waals surface area contributed by atoms with Gasteiger partial charge >= 0.3 is 0 Å². The summed E-state index contributed by atoms with van der Waals surface area (Å²) < 4.78 is 2.85. The van der Waals surface area contributed by atoms with Gasteiger partial charge in [0.05, 0.1) is 12.0 Å². The first-order chi connectivity index (χ1) is 13.0. The quantitative estimate of drug-likeness (QED) is 0.357. The third kappa shape index (κ3) is 5.27. The van der Waals surface area contributed by atoms with Crippen LogP contribution in [0.4, 0.5) is 0 Å². The van der Waals surface area contributed by atoms with E-state index in [-0.39, 0.29) is 11.7 Å². The van der Waals surface area contributed by atoms with Crippen molar-refractivity contribution in [3.8, 4) is 11.4 Å². The number of carbonyl (C=O) groups is 1. The van der Waals surface area contributed by atoms with Gasteiger partial charge in [0.2, 0.25) is 0 Å². The number of amides is 1. The normalized spacial score (nSPS) is 11.1. The van der Waals surface area contributed by atoms with Crippen LogP contribution in [0.1, 0.15) is 11.1 Å². The van der Waals surface area contributed by atoms with Crippen molar-refractivity contribution in [2.24, 2.45) is 12.1 Å². The number of nitrogens with zero attached hydrogens (tertiary/aromatic N) is 4. The number of rotatable bonds is 6. The Kier molecular flexibility index (Phi) is 6.41. The van der Waals surface area contributed by atoms with Crippen LogP contribution in [0.15, 0.2) is 63.3 Å². The lowest BCUT2D eigenvalue weighted by Gasteiger charge is -2.04. The van der Waals surface area contributed by atoms with Crippen LogP contribution in [0, 0.1) is 6.92 Å². The van der Waals surface area contributed by atoms with Gasteiger partial charge in [0.25, 0.3) is 5.91 Å². The first kappa shape index (κ1) is 19.3. The Hall–Kier alpha value is -2.45. The molecule has 1 heterocycles. The second-order valence-electron chi connectivity index (χ2n) is 5.87. The van der Waals surface area contributed by atoms with Gasteiger partial charge in [0.1, 0.15) is 0 Å². The van der Waals surface area contributed by atoms with Crippen LogP contribution in [-0.2, 0) is 11.8 Å². The third-order valence-electron chi connectivity index (χ3n) is 3.73. The molecule has 3 rings (SSSR count). The molecule has 0 radical (unpaired) electrons. The molecule has 0 atom stereocenters. The lowest BCUT2D eigenvalue weighted by molar-refractivity contribution is -0.118. The SMILES string of the molecule is Cc1ccc(/C=N/NC(=O)CSc2nnc(-c3cccc(Br)c3)n2C)cc1. The van der Waals surface area contributed by atoms with Crippen molar-refractivity contribution < 1.29 is 4.79 Å². The highest BCUT2D eigenvalue weighted by molar-refractivity contribution is 9.10. The highest BCUT2D eigenvalue weighted by Gasteiger charge is 2.13. The number of carbonyl (C=O) groups excluding carboxylic acids is 1. The fourth-order valence-electron chi connectivity index (χ4n) is 2.31. The van der Waals surface area contributed by atoms with Crippen molar-refractivity contribution in [1.82, 2.24) is 20.2 Å². The third-order valence-corrected chi connectivity index (χ3v) is 5.24. The number of hydrazone groups is 1. The number of thioether (sulfide) groups is 1. The molecule has 0 saturated carbocycles. The van der Waals surface area contributed by atoms with Gasteiger partial charge in [0, 0.05) is 17.1 Å². The second kappa shape index (κ2) is 8.96. The molecule has 0 aliphatic heterocycles. The van der Waals surface area contributed by atoms with Crippen molar-refractivity contribution in [2.45, 2.75) is 12.1 Å². The van der Waals surface area contributed by atoms with Crippen molar-refractivity contribution in [3.63, 3.8) is 0 Å². The molecule has 27 heavy (non-hydrogen) atoms. The lowest BCUT2D eigenvalue weighted by Crippen LogP contribution is -2.19. The molecule has 0 unspecified atom stereocenters. The Bertz CT molecular complexity index is 968. The molecule has 8 heteroatoms. The standard InChI is InChI=1S/C19H18BrN5OS/c1-13-6-8-14(9-7-13)11-21-22-17(26)12-27-19-24-23-18(25(19)2)15-4-3-5-16(20)10-15/h3-11H,12H2,1-2H3,(H,22,26)/b21-11+. The largest absolute Gasteiger partial charge is 0.305 e. The Labute approximate surface area is 170 Å². The van der Waals surface area contributed by atoms with E-state index in [1.165, 1.54) is 17.3 Å². The summed E-state index contributed by atoms with van der Waals surface area (Å²) in [5, 5.41) is 13.0. The zero-order valence-corrected chi connectivity index (χ0v) is 17.3. The molecule has 138 valence electrons. The van der Waals surface area contributed by atoms with Crippen molar-refractivity contribution in [3.05, 3.63) is 64.1 Å². The van der Waals surface area contributed by atoms with Crippen molar-refractivity contribution in [2.75, 3.05) is 5.75 Å². The van der Waals surface area contributed by atoms with Gasteiger partial charge in [-0.05, 0) is 24.6 Å². The van der Waals surface area contributed by atoms with E-state index >= 15 is 0 Å². The molecule has 6 nitrogen and oxygen atoms in total. The zero-order valence-electron chi connectivity index (χ0n) is 14.9. The van der Waals surface area contributed by atoms with Gasteiger partial charge in [-0.2, -0.15) is 5.10 Å². The number of hydrogen-bond donors (Lipinski definition) is 1. The molecule has 1 aromatic heterocycles. The number of nitrogens with one attached hydrogen (secondary N) is 1. The van der Waals surface area contributed by atoms with Crippen LogP contribution in [0.3, 0.4) is 0 Å². The van der Waals surface area contributed by atoms with E-state index in [9.17, 15) is 4.79 Å². The Morgan fingerprint density at radius 2 is 2.04 bits per heavy atom. The fourth-order valence-corrected chi connectivity index (χ4v) is 3.42. The summed E-state index contributed by atoms with van der Waals surface area (Å²) in [7, 11) is 1.88. The lowest BCUT2D eigenvalue weighted by atomic mass is 10.2. The van der Waals surface area contributed by atoms with Crippen LogP contribution >= 0.6 is 27.7 Å². The predicted molar refractivity (Wildman–Crippen MR) is 112 cm³/mol. The maximum atomic E-state index is 12.0. The molecule has 3 aromatic rings. The van der Waals surface area contributed by atoms with Gasteiger partial charge < -0.3 is 4.57 Å². The molecule has 0 spiro atoms. The number of aromatic nitrogens is 3. The van der Waals surface area contributed by atoms with Crippen molar-refractivity contribution >= 4 is 39.8 Å². The first-order valence-electron chi connectivity index (χ1n) is 8.19. The maximum Gasteiger partial charge on any atom is 0.250 e. The number of benzene rings is 2. The molecule has 0 aliphatic carbocycles. The number of hydrogen-bond acceptors (Lipinski definition) is 5. The summed E-state index contributed by atoms with van der Waals surface area (Å²) in [6.45, 7) is 2.02. The van der Waals surface area contributed by atoms with E-state index in [4.69, 9.17) is 0 Å². The maximum absolute atomic E-state index is 12.0. The summed E-state index contributed by atoms with van der Waals surface area (Å²) in [4.78, 5) is 12.0. The van der Waals surface area contributed by atoms with Crippen molar-refractivity contribution in [1.29, 1.82) is 0 Å². The van der Waals surface area contributed by atoms with Gasteiger partial charge in [-0.1, -0.05) is 69.7 Å². The van der Waals surface area contributed by atoms with Crippen LogP contribution in [-0.4, -0.2) is 32.6 Å². The van der Waals surface area contributed by atoms with E-state index in [0.717, 1.165) is 21.4 Å². The molecule has 1 amide bonds.